The van der Waals surface area contributed by atoms with E-state index in [1.54, 1.807) is 6.08 Å². The molecule has 1 aliphatic carbocycles. The average molecular weight is 463 g/mol. The summed E-state index contributed by atoms with van der Waals surface area (Å²) < 4.78 is 0. The lowest BCUT2D eigenvalue weighted by Crippen LogP contribution is -2.13. The molecule has 1 aromatic heterocycles. The minimum absolute atomic E-state index is 0.688. The summed E-state index contributed by atoms with van der Waals surface area (Å²) in [5.41, 5.74) is 3.81. The summed E-state index contributed by atoms with van der Waals surface area (Å²) >= 11 is 0. The fraction of sp³-hybridized carbons (Fsp3) is 0.567. The first-order chi connectivity index (χ1) is 16.7. The third-order valence-electron chi connectivity index (χ3n) is 7.25. The van der Waals surface area contributed by atoms with E-state index in [9.17, 15) is 4.79 Å². The number of hydrogen-bond donors (Lipinski definition) is 1. The second-order valence-electron chi connectivity index (χ2n) is 9.94. The lowest BCUT2D eigenvalue weighted by molar-refractivity contribution is -0.131. The average Bonchev–Trinajstić information content (AvgIpc) is 2.86. The van der Waals surface area contributed by atoms with Crippen LogP contribution in [-0.4, -0.2) is 21.0 Å². The van der Waals surface area contributed by atoms with Crippen molar-refractivity contribution in [3.8, 4) is 11.4 Å². The van der Waals surface area contributed by atoms with Crippen LogP contribution >= 0.6 is 0 Å². The van der Waals surface area contributed by atoms with E-state index in [1.165, 1.54) is 87.8 Å². The van der Waals surface area contributed by atoms with Crippen molar-refractivity contribution < 1.29 is 9.90 Å². The number of rotatable bonds is 14. The summed E-state index contributed by atoms with van der Waals surface area (Å²) in [7, 11) is 0. The summed E-state index contributed by atoms with van der Waals surface area (Å²) in [5.74, 6) is 1.55. The zero-order valence-corrected chi connectivity index (χ0v) is 20.9. The maximum Gasteiger partial charge on any atom is 0.327 e. The first kappa shape index (κ1) is 26.1. The van der Waals surface area contributed by atoms with Gasteiger partial charge in [-0.1, -0.05) is 75.8 Å². The second kappa shape index (κ2) is 14.7. The zero-order chi connectivity index (χ0) is 24.0. The lowest BCUT2D eigenvalue weighted by Gasteiger charge is -2.29. The highest BCUT2D eigenvalue weighted by Crippen LogP contribution is 2.38. The number of aryl methyl sites for hydroxylation is 1. The predicted molar refractivity (Wildman–Crippen MR) is 140 cm³/mol. The van der Waals surface area contributed by atoms with Crippen LogP contribution < -0.4 is 0 Å². The van der Waals surface area contributed by atoms with Crippen LogP contribution in [0.5, 0.6) is 0 Å². The van der Waals surface area contributed by atoms with Gasteiger partial charge in [0.05, 0.1) is 0 Å². The van der Waals surface area contributed by atoms with E-state index in [4.69, 9.17) is 5.11 Å². The van der Waals surface area contributed by atoms with Crippen molar-refractivity contribution >= 4 is 5.97 Å². The van der Waals surface area contributed by atoms with Gasteiger partial charge in [0.1, 0.15) is 0 Å². The van der Waals surface area contributed by atoms with Crippen LogP contribution in [0.25, 0.3) is 11.4 Å². The van der Waals surface area contributed by atoms with Gasteiger partial charge in [0.2, 0.25) is 0 Å². The maximum atomic E-state index is 10.4. The van der Waals surface area contributed by atoms with Crippen LogP contribution in [0.4, 0.5) is 0 Å². The van der Waals surface area contributed by atoms with E-state index in [0.29, 0.717) is 5.92 Å². The van der Waals surface area contributed by atoms with Crippen molar-refractivity contribution in [2.45, 2.75) is 103 Å². The van der Waals surface area contributed by atoms with Crippen LogP contribution in [0.2, 0.25) is 0 Å². The summed E-state index contributed by atoms with van der Waals surface area (Å²) in [6.45, 7) is 2.23. The highest BCUT2D eigenvalue weighted by molar-refractivity contribution is 5.79. The molecule has 1 aliphatic rings. The standard InChI is InChI=1S/C30H42N2O2/c1-2-3-8-12-25-22-31-30(32-23-25)28-20-18-27(19-21-28)26-16-14-24(15-17-26)11-9-6-4-5-7-10-13-29(33)34/h10,13,18-24,26H,2-9,11-12,14-17H2,1H3,(H,33,34)/b13-10+. The molecule has 0 unspecified atom stereocenters. The Morgan fingerprint density at radius 3 is 2.32 bits per heavy atom. The second-order valence-corrected chi connectivity index (χ2v) is 9.94. The van der Waals surface area contributed by atoms with Gasteiger partial charge < -0.3 is 5.11 Å². The number of carboxylic acids is 1. The normalized spacial score (nSPS) is 18.4. The third-order valence-corrected chi connectivity index (χ3v) is 7.25. The Morgan fingerprint density at radius 2 is 1.65 bits per heavy atom. The molecule has 0 radical (unpaired) electrons. The number of benzene rings is 1. The summed E-state index contributed by atoms with van der Waals surface area (Å²) in [4.78, 5) is 19.7. The molecule has 2 aromatic rings. The van der Waals surface area contributed by atoms with Gasteiger partial charge in [-0.15, -0.1) is 0 Å². The van der Waals surface area contributed by atoms with Crippen molar-refractivity contribution in [1.82, 2.24) is 9.97 Å². The third kappa shape index (κ3) is 9.04. The number of hydrogen-bond acceptors (Lipinski definition) is 3. The highest BCUT2D eigenvalue weighted by Gasteiger charge is 2.22. The van der Waals surface area contributed by atoms with Crippen LogP contribution in [0.15, 0.2) is 48.8 Å². The molecule has 0 spiro atoms. The minimum atomic E-state index is -0.844. The smallest absolute Gasteiger partial charge is 0.327 e. The number of nitrogens with zero attached hydrogens (tertiary/aromatic N) is 2. The van der Waals surface area contributed by atoms with E-state index in [2.05, 4.69) is 41.2 Å². The molecule has 1 fully saturated rings. The Kier molecular flexibility index (Phi) is 11.3. The first-order valence-electron chi connectivity index (χ1n) is 13.5. The van der Waals surface area contributed by atoms with Crippen LogP contribution in [0.3, 0.4) is 0 Å². The summed E-state index contributed by atoms with van der Waals surface area (Å²) in [6, 6.07) is 8.97. The Bertz CT molecular complexity index is 866. The SMILES string of the molecule is CCCCCc1cnc(-c2ccc(C3CCC(CCCCCC/C=C/C(=O)O)CC3)cc2)nc1. The quantitative estimate of drug-likeness (QED) is 0.227. The Hall–Kier alpha value is -2.49. The molecule has 4 heteroatoms. The number of carbonyl (C=O) groups is 1. The zero-order valence-electron chi connectivity index (χ0n) is 20.9. The van der Waals surface area contributed by atoms with Gasteiger partial charge in [-0.25, -0.2) is 14.8 Å². The van der Waals surface area contributed by atoms with Crippen molar-refractivity contribution in [2.75, 3.05) is 0 Å². The largest absolute Gasteiger partial charge is 0.478 e. The van der Waals surface area contributed by atoms with Gasteiger partial charge in [0.25, 0.3) is 0 Å². The van der Waals surface area contributed by atoms with Crippen molar-refractivity contribution in [1.29, 1.82) is 0 Å². The molecular formula is C30H42N2O2. The number of aliphatic carboxylic acids is 1. The number of unbranched alkanes of at least 4 members (excludes halogenated alkanes) is 6. The number of aromatic nitrogens is 2. The van der Waals surface area contributed by atoms with Crippen molar-refractivity contribution in [3.63, 3.8) is 0 Å². The van der Waals surface area contributed by atoms with E-state index in [1.807, 2.05) is 12.4 Å². The minimum Gasteiger partial charge on any atom is -0.478 e. The molecule has 1 saturated carbocycles. The Morgan fingerprint density at radius 1 is 0.941 bits per heavy atom. The van der Waals surface area contributed by atoms with Gasteiger partial charge in [-0.3, -0.25) is 0 Å². The molecular weight excluding hydrogens is 420 g/mol. The molecule has 3 rings (SSSR count). The summed E-state index contributed by atoms with van der Waals surface area (Å²) in [5, 5.41) is 8.59. The molecule has 0 atom stereocenters. The number of carboxylic acid groups (broad SMARTS) is 1. The number of allylic oxidation sites excluding steroid dienone is 1. The van der Waals surface area contributed by atoms with Gasteiger partial charge >= 0.3 is 5.97 Å². The molecule has 1 N–H and O–H groups in total. The fourth-order valence-corrected chi connectivity index (χ4v) is 5.13. The maximum absolute atomic E-state index is 10.4. The lowest BCUT2D eigenvalue weighted by atomic mass is 9.77. The van der Waals surface area contributed by atoms with E-state index in [0.717, 1.165) is 36.6 Å². The van der Waals surface area contributed by atoms with Crippen LogP contribution in [-0.2, 0) is 11.2 Å². The molecule has 0 aliphatic heterocycles. The van der Waals surface area contributed by atoms with Gasteiger partial charge in [0, 0.05) is 24.0 Å². The van der Waals surface area contributed by atoms with Crippen molar-refractivity contribution in [2.24, 2.45) is 5.92 Å². The fourth-order valence-electron chi connectivity index (χ4n) is 5.13. The van der Waals surface area contributed by atoms with E-state index in [-0.39, 0.29) is 0 Å². The molecule has 0 saturated heterocycles. The molecule has 184 valence electrons. The topological polar surface area (TPSA) is 63.1 Å². The molecule has 1 aromatic carbocycles. The Labute approximate surface area is 205 Å². The van der Waals surface area contributed by atoms with E-state index >= 15 is 0 Å². The molecule has 0 bridgehead atoms. The molecule has 4 nitrogen and oxygen atoms in total. The molecule has 34 heavy (non-hydrogen) atoms. The van der Waals surface area contributed by atoms with Gasteiger partial charge in [-0.05, 0) is 74.3 Å². The van der Waals surface area contributed by atoms with Crippen LogP contribution in [0, 0.1) is 5.92 Å². The predicted octanol–water partition coefficient (Wildman–Crippen LogP) is 8.13. The molecule has 1 heterocycles. The first-order valence-corrected chi connectivity index (χ1v) is 13.5. The molecule has 0 amide bonds. The Balaban J connectivity index is 1.35. The van der Waals surface area contributed by atoms with Crippen LogP contribution in [0.1, 0.15) is 107 Å². The monoisotopic (exact) mass is 462 g/mol. The van der Waals surface area contributed by atoms with Crippen molar-refractivity contribution in [3.05, 3.63) is 59.9 Å². The van der Waals surface area contributed by atoms with E-state index < -0.39 is 5.97 Å². The summed E-state index contributed by atoms with van der Waals surface area (Å²) in [6.07, 6.45) is 24.2. The highest BCUT2D eigenvalue weighted by atomic mass is 16.4. The van der Waals surface area contributed by atoms with Gasteiger partial charge in [-0.2, -0.15) is 0 Å². The van der Waals surface area contributed by atoms with Gasteiger partial charge in [0.15, 0.2) is 5.82 Å².